The standard InChI is InChI=1S/C20H42NO2/c1-6-9-12-15-21(16-13-10-7-2,17-14-11-8-3)18-19(4)23-20(5)22/h19H,6-18H2,1-5H3/q+1. The van der Waals surface area contributed by atoms with Gasteiger partial charge >= 0.3 is 5.97 Å². The van der Waals surface area contributed by atoms with Gasteiger partial charge in [0.25, 0.3) is 0 Å². The van der Waals surface area contributed by atoms with Gasteiger partial charge in [0.1, 0.15) is 12.6 Å². The molecule has 0 heterocycles. The molecule has 23 heavy (non-hydrogen) atoms. The third-order valence-corrected chi connectivity index (χ3v) is 4.72. The van der Waals surface area contributed by atoms with E-state index in [0.717, 1.165) is 11.0 Å². The predicted molar refractivity (Wildman–Crippen MR) is 99.5 cm³/mol. The Labute approximate surface area is 145 Å². The van der Waals surface area contributed by atoms with Gasteiger partial charge in [-0.3, -0.25) is 4.79 Å². The number of nitrogens with zero attached hydrogens (tertiary/aromatic N) is 1. The van der Waals surface area contributed by atoms with E-state index >= 15 is 0 Å². The normalized spacial score (nSPS) is 13.1. The lowest BCUT2D eigenvalue weighted by Crippen LogP contribution is -2.54. The highest BCUT2D eigenvalue weighted by Crippen LogP contribution is 2.18. The average molecular weight is 329 g/mol. The molecule has 0 spiro atoms. The van der Waals surface area contributed by atoms with Gasteiger partial charge in [-0.25, -0.2) is 0 Å². The Hall–Kier alpha value is -0.570. The van der Waals surface area contributed by atoms with E-state index in [1.54, 1.807) is 0 Å². The van der Waals surface area contributed by atoms with Crippen LogP contribution in [0.15, 0.2) is 0 Å². The molecule has 0 aromatic heterocycles. The first-order valence-electron chi connectivity index (χ1n) is 10.0. The third-order valence-electron chi connectivity index (χ3n) is 4.72. The predicted octanol–water partition coefficient (Wildman–Crippen LogP) is 5.33. The summed E-state index contributed by atoms with van der Waals surface area (Å²) in [4.78, 5) is 11.3. The van der Waals surface area contributed by atoms with E-state index < -0.39 is 0 Å². The van der Waals surface area contributed by atoms with Crippen molar-refractivity contribution in [3.63, 3.8) is 0 Å². The van der Waals surface area contributed by atoms with Crippen molar-refractivity contribution in [3.8, 4) is 0 Å². The van der Waals surface area contributed by atoms with Gasteiger partial charge in [-0.1, -0.05) is 40.0 Å². The van der Waals surface area contributed by atoms with Crippen LogP contribution in [0.1, 0.15) is 92.4 Å². The van der Waals surface area contributed by atoms with Gasteiger partial charge in [-0.05, 0) is 45.4 Å². The summed E-state index contributed by atoms with van der Waals surface area (Å²) in [7, 11) is 0. The first-order valence-corrected chi connectivity index (χ1v) is 10.0. The van der Waals surface area contributed by atoms with Gasteiger partial charge in [0.05, 0.1) is 19.6 Å². The van der Waals surface area contributed by atoms with Crippen LogP contribution in [0.4, 0.5) is 0 Å². The zero-order valence-corrected chi connectivity index (χ0v) is 16.5. The molecule has 0 aliphatic rings. The maximum atomic E-state index is 11.3. The van der Waals surface area contributed by atoms with E-state index in [-0.39, 0.29) is 12.1 Å². The van der Waals surface area contributed by atoms with Crippen molar-refractivity contribution < 1.29 is 14.0 Å². The second-order valence-corrected chi connectivity index (χ2v) is 7.24. The quantitative estimate of drug-likeness (QED) is 0.231. The first kappa shape index (κ1) is 22.4. The Balaban J connectivity index is 4.87. The second-order valence-electron chi connectivity index (χ2n) is 7.24. The SMILES string of the molecule is CCCCC[N+](CCCCC)(CCCCC)CC(C)OC(C)=O. The highest BCUT2D eigenvalue weighted by atomic mass is 16.5. The Morgan fingerprint density at radius 1 is 0.826 bits per heavy atom. The number of ether oxygens (including phenoxy) is 1. The minimum Gasteiger partial charge on any atom is -0.457 e. The van der Waals surface area contributed by atoms with Crippen molar-refractivity contribution in [2.75, 3.05) is 26.2 Å². The number of quaternary nitrogens is 1. The molecular formula is C20H42NO2+. The lowest BCUT2D eigenvalue weighted by molar-refractivity contribution is -0.931. The highest BCUT2D eigenvalue weighted by Gasteiger charge is 2.29. The minimum atomic E-state index is -0.147. The summed E-state index contributed by atoms with van der Waals surface area (Å²) in [6.07, 6.45) is 11.6. The molecule has 138 valence electrons. The van der Waals surface area contributed by atoms with Crippen molar-refractivity contribution in [2.45, 2.75) is 98.5 Å². The number of rotatable bonds is 15. The summed E-state index contributed by atoms with van der Waals surface area (Å²) < 4.78 is 6.62. The van der Waals surface area contributed by atoms with Crippen molar-refractivity contribution >= 4 is 5.97 Å². The molecule has 0 saturated carbocycles. The number of unbranched alkanes of at least 4 members (excludes halogenated alkanes) is 6. The van der Waals surface area contributed by atoms with Crippen LogP contribution in [0, 0.1) is 0 Å². The molecule has 0 radical (unpaired) electrons. The maximum absolute atomic E-state index is 11.3. The van der Waals surface area contributed by atoms with Crippen LogP contribution in [0.5, 0.6) is 0 Å². The summed E-state index contributed by atoms with van der Waals surface area (Å²) in [5, 5.41) is 0. The molecule has 3 heteroatoms. The Kier molecular flexibility index (Phi) is 13.5. The van der Waals surface area contributed by atoms with Gasteiger partial charge in [0.2, 0.25) is 0 Å². The van der Waals surface area contributed by atoms with Crippen LogP contribution >= 0.6 is 0 Å². The van der Waals surface area contributed by atoms with E-state index in [2.05, 4.69) is 27.7 Å². The Bertz CT molecular complexity index is 265. The van der Waals surface area contributed by atoms with Crippen LogP contribution < -0.4 is 0 Å². The summed E-state index contributed by atoms with van der Waals surface area (Å²) in [6, 6.07) is 0. The Morgan fingerprint density at radius 2 is 1.22 bits per heavy atom. The van der Waals surface area contributed by atoms with Crippen molar-refractivity contribution in [1.29, 1.82) is 0 Å². The average Bonchev–Trinajstić information content (AvgIpc) is 2.47. The molecule has 0 saturated heterocycles. The molecule has 1 unspecified atom stereocenters. The molecule has 0 aromatic rings. The fourth-order valence-electron chi connectivity index (χ4n) is 3.57. The summed E-state index contributed by atoms with van der Waals surface area (Å²) >= 11 is 0. The van der Waals surface area contributed by atoms with E-state index in [4.69, 9.17) is 4.74 Å². The lowest BCUT2D eigenvalue weighted by atomic mass is 10.1. The molecule has 0 bridgehead atoms. The fraction of sp³-hybridized carbons (Fsp3) is 0.950. The summed E-state index contributed by atoms with van der Waals surface area (Å²) in [5.41, 5.74) is 0. The third kappa shape index (κ3) is 11.6. The van der Waals surface area contributed by atoms with E-state index in [9.17, 15) is 4.79 Å². The number of hydrogen-bond donors (Lipinski definition) is 0. The fourth-order valence-corrected chi connectivity index (χ4v) is 3.57. The molecule has 0 N–H and O–H groups in total. The zero-order chi connectivity index (χ0) is 17.6. The summed E-state index contributed by atoms with van der Waals surface area (Å²) in [6.45, 7) is 15.1. The second kappa shape index (κ2) is 13.8. The number of carbonyl (C=O) groups excluding carboxylic acids is 1. The van der Waals surface area contributed by atoms with E-state index in [1.807, 2.05) is 0 Å². The molecule has 0 rings (SSSR count). The molecule has 1 atom stereocenters. The minimum absolute atomic E-state index is 0.0254. The van der Waals surface area contributed by atoms with Crippen LogP contribution in [-0.4, -0.2) is 42.7 Å². The maximum Gasteiger partial charge on any atom is 0.303 e. The number of carbonyl (C=O) groups is 1. The molecule has 0 amide bonds. The molecule has 0 aromatic carbocycles. The molecule has 0 aliphatic carbocycles. The lowest BCUT2D eigenvalue weighted by Gasteiger charge is -2.41. The van der Waals surface area contributed by atoms with E-state index in [0.29, 0.717) is 0 Å². The molecule has 3 nitrogen and oxygen atoms in total. The first-order chi connectivity index (χ1) is 11.0. The van der Waals surface area contributed by atoms with Gasteiger partial charge in [-0.2, -0.15) is 0 Å². The van der Waals surface area contributed by atoms with Crippen molar-refractivity contribution in [3.05, 3.63) is 0 Å². The monoisotopic (exact) mass is 328 g/mol. The molecular weight excluding hydrogens is 286 g/mol. The zero-order valence-electron chi connectivity index (χ0n) is 16.5. The van der Waals surface area contributed by atoms with Crippen molar-refractivity contribution in [2.24, 2.45) is 0 Å². The summed E-state index contributed by atoms with van der Waals surface area (Å²) in [5.74, 6) is -0.147. The van der Waals surface area contributed by atoms with Crippen molar-refractivity contribution in [1.82, 2.24) is 0 Å². The largest absolute Gasteiger partial charge is 0.457 e. The van der Waals surface area contributed by atoms with Crippen LogP contribution in [-0.2, 0) is 9.53 Å². The number of esters is 1. The van der Waals surface area contributed by atoms with Gasteiger partial charge in [0.15, 0.2) is 0 Å². The topological polar surface area (TPSA) is 26.3 Å². The van der Waals surface area contributed by atoms with Gasteiger partial charge in [0, 0.05) is 6.92 Å². The molecule has 0 aliphatic heterocycles. The highest BCUT2D eigenvalue weighted by molar-refractivity contribution is 5.66. The van der Waals surface area contributed by atoms with Crippen LogP contribution in [0.2, 0.25) is 0 Å². The van der Waals surface area contributed by atoms with Crippen LogP contribution in [0.3, 0.4) is 0 Å². The van der Waals surface area contributed by atoms with Gasteiger partial charge in [-0.15, -0.1) is 0 Å². The Morgan fingerprint density at radius 3 is 1.52 bits per heavy atom. The van der Waals surface area contributed by atoms with Crippen LogP contribution in [0.25, 0.3) is 0 Å². The number of hydrogen-bond acceptors (Lipinski definition) is 2. The molecule has 0 fully saturated rings. The van der Waals surface area contributed by atoms with E-state index in [1.165, 1.54) is 84.3 Å². The smallest absolute Gasteiger partial charge is 0.303 e. The van der Waals surface area contributed by atoms with Gasteiger partial charge < -0.3 is 9.22 Å².